The highest BCUT2D eigenvalue weighted by Crippen LogP contribution is 2.11. The van der Waals surface area contributed by atoms with Crippen molar-refractivity contribution in [3.05, 3.63) is 59.5 Å². The molecular formula is C17H22N2O2. The Morgan fingerprint density at radius 3 is 2.76 bits per heavy atom. The zero-order valence-corrected chi connectivity index (χ0v) is 12.3. The topological polar surface area (TPSA) is 68.3 Å². The van der Waals surface area contributed by atoms with Crippen LogP contribution in [0, 0.1) is 0 Å². The van der Waals surface area contributed by atoms with Gasteiger partial charge in [0.2, 0.25) is 0 Å². The van der Waals surface area contributed by atoms with E-state index in [9.17, 15) is 4.79 Å². The average molecular weight is 286 g/mol. The number of aryl methyl sites for hydroxylation is 1. The minimum absolute atomic E-state index is 0.0361. The van der Waals surface area contributed by atoms with Gasteiger partial charge in [-0.3, -0.25) is 4.79 Å². The quantitative estimate of drug-likeness (QED) is 0.822. The summed E-state index contributed by atoms with van der Waals surface area (Å²) in [5.74, 6) is 0.908. The van der Waals surface area contributed by atoms with Crippen molar-refractivity contribution in [3.63, 3.8) is 0 Å². The molecule has 1 aromatic heterocycles. The van der Waals surface area contributed by atoms with Gasteiger partial charge in [-0.2, -0.15) is 0 Å². The van der Waals surface area contributed by atoms with Crippen LogP contribution in [0.5, 0.6) is 0 Å². The van der Waals surface area contributed by atoms with Gasteiger partial charge >= 0.3 is 0 Å². The molecule has 1 atom stereocenters. The Balaban J connectivity index is 1.91. The van der Waals surface area contributed by atoms with Gasteiger partial charge < -0.3 is 15.5 Å². The first-order chi connectivity index (χ1) is 10.2. The molecule has 1 amide bonds. The first kappa shape index (κ1) is 15.3. The van der Waals surface area contributed by atoms with E-state index < -0.39 is 0 Å². The molecular weight excluding hydrogens is 264 g/mol. The zero-order chi connectivity index (χ0) is 15.1. The Morgan fingerprint density at radius 2 is 2.05 bits per heavy atom. The van der Waals surface area contributed by atoms with Gasteiger partial charge in [0, 0.05) is 18.0 Å². The standard InChI is InChI=1S/C17H22N2O2/c1-13(8-9-15-6-4-12-21-15)19-17(20)16-7-3-2-5-14(16)10-11-18/h2-7,12-13H,8-11,18H2,1H3,(H,19,20). The molecule has 0 spiro atoms. The van der Waals surface area contributed by atoms with Crippen molar-refractivity contribution in [2.24, 2.45) is 5.73 Å². The number of carbonyl (C=O) groups is 1. The van der Waals surface area contributed by atoms with Crippen molar-refractivity contribution >= 4 is 5.91 Å². The lowest BCUT2D eigenvalue weighted by atomic mass is 10.0. The van der Waals surface area contributed by atoms with Crippen LogP contribution in [0.3, 0.4) is 0 Å². The third-order valence-corrected chi connectivity index (χ3v) is 3.46. The molecule has 1 aromatic carbocycles. The summed E-state index contributed by atoms with van der Waals surface area (Å²) in [6.45, 7) is 2.55. The molecule has 0 saturated carbocycles. The lowest BCUT2D eigenvalue weighted by Gasteiger charge is -2.15. The van der Waals surface area contributed by atoms with Gasteiger partial charge in [0.05, 0.1) is 6.26 Å². The lowest BCUT2D eigenvalue weighted by molar-refractivity contribution is 0.0937. The predicted octanol–water partition coefficient (Wildman–Crippen LogP) is 2.53. The normalized spacial score (nSPS) is 12.1. The molecule has 0 fully saturated rings. The Morgan fingerprint density at radius 1 is 1.24 bits per heavy atom. The summed E-state index contributed by atoms with van der Waals surface area (Å²) in [6, 6.07) is 11.5. The van der Waals surface area contributed by atoms with Gasteiger partial charge in [-0.25, -0.2) is 0 Å². The zero-order valence-electron chi connectivity index (χ0n) is 12.3. The SMILES string of the molecule is CC(CCc1ccco1)NC(=O)c1ccccc1CCN. The van der Waals surface area contributed by atoms with Gasteiger partial charge in [0.15, 0.2) is 0 Å². The molecule has 1 unspecified atom stereocenters. The van der Waals surface area contributed by atoms with Crippen LogP contribution in [0.2, 0.25) is 0 Å². The molecule has 0 aliphatic rings. The van der Waals surface area contributed by atoms with E-state index in [1.54, 1.807) is 6.26 Å². The minimum Gasteiger partial charge on any atom is -0.469 e. The van der Waals surface area contributed by atoms with Gasteiger partial charge in [0.1, 0.15) is 5.76 Å². The summed E-state index contributed by atoms with van der Waals surface area (Å²) in [4.78, 5) is 12.3. The number of nitrogens with one attached hydrogen (secondary N) is 1. The smallest absolute Gasteiger partial charge is 0.251 e. The summed E-state index contributed by atoms with van der Waals surface area (Å²) in [5, 5.41) is 3.04. The summed E-state index contributed by atoms with van der Waals surface area (Å²) in [7, 11) is 0. The van der Waals surface area contributed by atoms with E-state index in [1.165, 1.54) is 0 Å². The van der Waals surface area contributed by atoms with Crippen LogP contribution < -0.4 is 11.1 Å². The molecule has 2 aromatic rings. The number of rotatable bonds is 7. The van der Waals surface area contributed by atoms with Crippen LogP contribution in [0.4, 0.5) is 0 Å². The molecule has 1 heterocycles. The highest BCUT2D eigenvalue weighted by Gasteiger charge is 2.13. The molecule has 112 valence electrons. The van der Waals surface area contributed by atoms with Crippen LogP contribution in [0.25, 0.3) is 0 Å². The van der Waals surface area contributed by atoms with E-state index in [0.29, 0.717) is 18.5 Å². The summed E-state index contributed by atoms with van der Waals surface area (Å²) in [6.07, 6.45) is 4.04. The third-order valence-electron chi connectivity index (χ3n) is 3.46. The highest BCUT2D eigenvalue weighted by molar-refractivity contribution is 5.95. The third kappa shape index (κ3) is 4.46. The van der Waals surface area contributed by atoms with Crippen molar-refractivity contribution in [2.75, 3.05) is 6.54 Å². The van der Waals surface area contributed by atoms with Gasteiger partial charge in [-0.15, -0.1) is 0 Å². The van der Waals surface area contributed by atoms with E-state index in [0.717, 1.165) is 24.2 Å². The molecule has 2 rings (SSSR count). The fraction of sp³-hybridized carbons (Fsp3) is 0.353. The molecule has 4 heteroatoms. The Labute approximate surface area is 125 Å². The molecule has 3 N–H and O–H groups in total. The number of hydrogen-bond acceptors (Lipinski definition) is 3. The van der Waals surface area contributed by atoms with Crippen LogP contribution in [-0.4, -0.2) is 18.5 Å². The fourth-order valence-corrected chi connectivity index (χ4v) is 2.30. The number of furan rings is 1. The van der Waals surface area contributed by atoms with Crippen molar-refractivity contribution in [1.82, 2.24) is 5.32 Å². The number of nitrogens with two attached hydrogens (primary N) is 1. The maximum absolute atomic E-state index is 12.3. The highest BCUT2D eigenvalue weighted by atomic mass is 16.3. The number of amides is 1. The van der Waals surface area contributed by atoms with E-state index in [-0.39, 0.29) is 11.9 Å². The molecule has 0 saturated heterocycles. The lowest BCUT2D eigenvalue weighted by Crippen LogP contribution is -2.33. The second kappa shape index (κ2) is 7.64. The number of carbonyl (C=O) groups excluding carboxylic acids is 1. The molecule has 0 bridgehead atoms. The summed E-state index contributed by atoms with van der Waals surface area (Å²) >= 11 is 0. The van der Waals surface area contributed by atoms with E-state index in [4.69, 9.17) is 10.2 Å². The van der Waals surface area contributed by atoms with E-state index in [2.05, 4.69) is 5.32 Å². The van der Waals surface area contributed by atoms with E-state index in [1.807, 2.05) is 43.3 Å². The van der Waals surface area contributed by atoms with Crippen LogP contribution in [0.15, 0.2) is 47.1 Å². The molecule has 4 nitrogen and oxygen atoms in total. The predicted molar refractivity (Wildman–Crippen MR) is 83.2 cm³/mol. The molecule has 0 aliphatic heterocycles. The van der Waals surface area contributed by atoms with Crippen molar-refractivity contribution in [2.45, 2.75) is 32.2 Å². The van der Waals surface area contributed by atoms with Gasteiger partial charge in [0.25, 0.3) is 5.91 Å². The van der Waals surface area contributed by atoms with Crippen molar-refractivity contribution in [3.8, 4) is 0 Å². The van der Waals surface area contributed by atoms with Crippen LogP contribution in [-0.2, 0) is 12.8 Å². The van der Waals surface area contributed by atoms with Crippen molar-refractivity contribution in [1.29, 1.82) is 0 Å². The first-order valence-electron chi connectivity index (χ1n) is 7.32. The fourth-order valence-electron chi connectivity index (χ4n) is 2.30. The molecule has 0 radical (unpaired) electrons. The minimum atomic E-state index is -0.0361. The number of hydrogen-bond donors (Lipinski definition) is 2. The van der Waals surface area contributed by atoms with Gasteiger partial charge in [-0.05, 0) is 50.1 Å². The second-order valence-electron chi connectivity index (χ2n) is 5.19. The Bertz CT molecular complexity index is 564. The summed E-state index contributed by atoms with van der Waals surface area (Å²) in [5.41, 5.74) is 7.30. The maximum Gasteiger partial charge on any atom is 0.251 e. The average Bonchev–Trinajstić information content (AvgIpc) is 2.99. The number of benzene rings is 1. The largest absolute Gasteiger partial charge is 0.469 e. The van der Waals surface area contributed by atoms with Crippen LogP contribution in [0.1, 0.15) is 35.0 Å². The van der Waals surface area contributed by atoms with Gasteiger partial charge in [-0.1, -0.05) is 18.2 Å². The second-order valence-corrected chi connectivity index (χ2v) is 5.19. The van der Waals surface area contributed by atoms with Crippen molar-refractivity contribution < 1.29 is 9.21 Å². The van der Waals surface area contributed by atoms with Crippen LogP contribution >= 0.6 is 0 Å². The summed E-state index contributed by atoms with van der Waals surface area (Å²) < 4.78 is 5.30. The Hall–Kier alpha value is -2.07. The Kier molecular flexibility index (Phi) is 5.58. The molecule has 21 heavy (non-hydrogen) atoms. The molecule has 0 aliphatic carbocycles. The maximum atomic E-state index is 12.3. The monoisotopic (exact) mass is 286 g/mol. The first-order valence-corrected chi connectivity index (χ1v) is 7.32. The van der Waals surface area contributed by atoms with E-state index >= 15 is 0 Å².